The van der Waals surface area contributed by atoms with E-state index in [1.807, 2.05) is 0 Å². The van der Waals surface area contributed by atoms with Crippen molar-refractivity contribution in [3.63, 3.8) is 0 Å². The Morgan fingerprint density at radius 1 is 1.24 bits per heavy atom. The molecule has 0 spiro atoms. The van der Waals surface area contributed by atoms with Gasteiger partial charge in [-0.3, -0.25) is 0 Å². The lowest BCUT2D eigenvalue weighted by atomic mass is 10.3. The predicted octanol–water partition coefficient (Wildman–Crippen LogP) is 2.90. The maximum atomic E-state index is 11.8. The van der Waals surface area contributed by atoms with Gasteiger partial charge >= 0.3 is 15.6 Å². The van der Waals surface area contributed by atoms with Crippen molar-refractivity contribution < 1.29 is 30.5 Å². The van der Waals surface area contributed by atoms with Crippen molar-refractivity contribution in [2.75, 3.05) is 6.61 Å². The predicted molar refractivity (Wildman–Crippen MR) is 72.7 cm³/mol. The molecule has 21 heavy (non-hydrogen) atoms. The summed E-state index contributed by atoms with van der Waals surface area (Å²) in [5.41, 5.74) is -5.40. The Morgan fingerprint density at radius 2 is 1.76 bits per heavy atom. The Morgan fingerprint density at radius 3 is 2.05 bits per heavy atom. The smallest absolute Gasteiger partial charge is 0.498 e. The molecule has 1 aliphatic rings. The molecule has 0 unspecified atom stereocenters. The minimum atomic E-state index is -5.55. The second kappa shape index (κ2) is 8.47. The van der Waals surface area contributed by atoms with Gasteiger partial charge in [0.2, 0.25) is 0 Å². The van der Waals surface area contributed by atoms with Crippen molar-refractivity contribution in [1.29, 1.82) is 0 Å². The largest absolute Gasteiger partial charge is 0.534 e. The molecule has 0 radical (unpaired) electrons. The second-order valence-electron chi connectivity index (χ2n) is 5.02. The van der Waals surface area contributed by atoms with Crippen LogP contribution < -0.4 is 5.32 Å². The third kappa shape index (κ3) is 8.82. The number of nitrogens with one attached hydrogen (secondary N) is 1. The molecule has 0 saturated carbocycles. The van der Waals surface area contributed by atoms with Crippen LogP contribution in [-0.2, 0) is 19.0 Å². The molecular weight excluding hydrogens is 311 g/mol. The van der Waals surface area contributed by atoms with Crippen molar-refractivity contribution in [2.24, 2.45) is 0 Å². The highest BCUT2D eigenvalue weighted by atomic mass is 32.2. The van der Waals surface area contributed by atoms with Crippen LogP contribution in [0.25, 0.3) is 0 Å². The first-order valence-electron chi connectivity index (χ1n) is 6.53. The van der Waals surface area contributed by atoms with Gasteiger partial charge in [-0.2, -0.15) is 21.6 Å². The summed E-state index contributed by atoms with van der Waals surface area (Å²) in [5, 5.41) is 3.31. The van der Waals surface area contributed by atoms with Crippen LogP contribution >= 0.6 is 0 Å². The number of halogens is 3. The molecule has 1 aliphatic heterocycles. The molecule has 1 rings (SSSR count). The van der Waals surface area contributed by atoms with Crippen molar-refractivity contribution in [3.8, 4) is 0 Å². The molecule has 0 atom stereocenters. The van der Waals surface area contributed by atoms with Gasteiger partial charge < -0.3 is 14.2 Å². The first-order chi connectivity index (χ1) is 9.45. The Hall–Kier alpha value is -0.960. The Labute approximate surface area is 123 Å². The number of hydrogen-bond donors (Lipinski definition) is 1. The summed E-state index contributed by atoms with van der Waals surface area (Å²) in [5.74, 6) is -0.325. The zero-order valence-corrected chi connectivity index (χ0v) is 13.3. The average molecular weight is 333 g/mol. The highest BCUT2D eigenvalue weighted by Crippen LogP contribution is 2.28. The van der Waals surface area contributed by atoms with E-state index >= 15 is 0 Å². The van der Waals surface area contributed by atoms with Crippen LogP contribution in [0.1, 0.15) is 40.5 Å². The highest BCUT2D eigenvalue weighted by Gasteiger charge is 2.48. The molecule has 0 bridgehead atoms. The lowest BCUT2D eigenvalue weighted by Crippen LogP contribution is -2.29. The van der Waals surface area contributed by atoms with E-state index in [4.69, 9.17) is 0 Å². The molecule has 5 nitrogen and oxygen atoms in total. The van der Waals surface area contributed by atoms with Crippen molar-refractivity contribution in [2.45, 2.75) is 58.1 Å². The minimum Gasteiger partial charge on any atom is -0.498 e. The fourth-order valence-electron chi connectivity index (χ4n) is 1.46. The molecule has 0 aromatic rings. The molecule has 1 heterocycles. The maximum absolute atomic E-state index is 11.8. The van der Waals surface area contributed by atoms with E-state index in [0.717, 1.165) is 6.26 Å². The first kappa shape index (κ1) is 20.0. The SMILES string of the molecule is CC(C)NC(C)C.O=S(=O)(OC1=COCCC1)C(F)(F)F. The number of ether oxygens (including phenoxy) is 1. The van der Waals surface area contributed by atoms with Gasteiger partial charge in [-0.05, 0) is 6.42 Å². The molecule has 9 heteroatoms. The van der Waals surface area contributed by atoms with Crippen molar-refractivity contribution in [1.82, 2.24) is 5.32 Å². The van der Waals surface area contributed by atoms with Gasteiger partial charge in [0.05, 0.1) is 6.61 Å². The molecule has 0 aromatic heterocycles. The first-order valence-corrected chi connectivity index (χ1v) is 7.94. The molecule has 0 saturated heterocycles. The zero-order valence-electron chi connectivity index (χ0n) is 12.5. The molecule has 0 fully saturated rings. The van der Waals surface area contributed by atoms with Crippen LogP contribution in [0.4, 0.5) is 13.2 Å². The third-order valence-electron chi connectivity index (χ3n) is 2.07. The molecule has 0 aromatic carbocycles. The Bertz CT molecular complexity index is 424. The van der Waals surface area contributed by atoms with E-state index in [9.17, 15) is 21.6 Å². The summed E-state index contributed by atoms with van der Waals surface area (Å²) in [4.78, 5) is 0. The normalized spacial score (nSPS) is 16.0. The summed E-state index contributed by atoms with van der Waals surface area (Å²) in [7, 11) is -5.55. The molecule has 0 amide bonds. The molecule has 0 aliphatic carbocycles. The van der Waals surface area contributed by atoms with E-state index in [-0.39, 0.29) is 12.2 Å². The maximum Gasteiger partial charge on any atom is 0.534 e. The topological polar surface area (TPSA) is 64.6 Å². The lowest BCUT2D eigenvalue weighted by Gasteiger charge is -2.15. The number of alkyl halides is 3. The van der Waals surface area contributed by atoms with Crippen LogP contribution in [0.2, 0.25) is 0 Å². The molecule has 126 valence electrons. The van der Waals surface area contributed by atoms with E-state index < -0.39 is 15.6 Å². The van der Waals surface area contributed by atoms with Crippen LogP contribution in [0, 0.1) is 0 Å². The number of rotatable bonds is 4. The van der Waals surface area contributed by atoms with E-state index in [1.54, 1.807) is 0 Å². The fourth-order valence-corrected chi connectivity index (χ4v) is 1.96. The Balaban J connectivity index is 0.000000486. The lowest BCUT2D eigenvalue weighted by molar-refractivity contribution is -0.0527. The molecular formula is C12H22F3NO4S. The Kier molecular flexibility index (Phi) is 8.09. The quantitative estimate of drug-likeness (QED) is 0.633. The molecule has 1 N–H and O–H groups in total. The second-order valence-corrected chi connectivity index (χ2v) is 6.56. The third-order valence-corrected chi connectivity index (χ3v) is 3.07. The summed E-state index contributed by atoms with van der Waals surface area (Å²) in [6.45, 7) is 8.96. The van der Waals surface area contributed by atoms with Gasteiger partial charge in [0.25, 0.3) is 0 Å². The van der Waals surface area contributed by atoms with Gasteiger partial charge in [-0.25, -0.2) is 0 Å². The summed E-state index contributed by atoms with van der Waals surface area (Å²) in [6, 6.07) is 1.25. The summed E-state index contributed by atoms with van der Waals surface area (Å²) < 4.78 is 64.8. The van der Waals surface area contributed by atoms with Gasteiger partial charge in [0.1, 0.15) is 6.26 Å². The van der Waals surface area contributed by atoms with Crippen molar-refractivity contribution >= 4 is 10.1 Å². The number of hydrogen-bond acceptors (Lipinski definition) is 5. The van der Waals surface area contributed by atoms with E-state index in [0.29, 0.717) is 25.1 Å². The van der Waals surface area contributed by atoms with E-state index in [2.05, 4.69) is 41.9 Å². The summed E-state index contributed by atoms with van der Waals surface area (Å²) in [6.07, 6.45) is 1.43. The monoisotopic (exact) mass is 333 g/mol. The average Bonchev–Trinajstić information content (AvgIpc) is 2.26. The standard InChI is InChI=1S/C6H7F3O4S.C6H15N/c7-6(8,9)14(10,11)13-5-2-1-3-12-4-5;1-5(2)7-6(3)4/h4H,1-3H2;5-7H,1-4H3. The van der Waals surface area contributed by atoms with E-state index in [1.165, 1.54) is 0 Å². The van der Waals surface area contributed by atoms with Gasteiger partial charge in [0.15, 0.2) is 5.76 Å². The number of allylic oxidation sites excluding steroid dienone is 1. The summed E-state index contributed by atoms with van der Waals surface area (Å²) >= 11 is 0. The van der Waals surface area contributed by atoms with Crippen LogP contribution in [0.15, 0.2) is 12.0 Å². The van der Waals surface area contributed by atoms with Gasteiger partial charge in [-0.1, -0.05) is 27.7 Å². The minimum absolute atomic E-state index is 0.120. The van der Waals surface area contributed by atoms with Gasteiger partial charge in [0, 0.05) is 18.5 Å². The van der Waals surface area contributed by atoms with Crippen molar-refractivity contribution in [3.05, 3.63) is 12.0 Å². The van der Waals surface area contributed by atoms with Crippen LogP contribution in [-0.4, -0.2) is 32.6 Å². The van der Waals surface area contributed by atoms with Gasteiger partial charge in [-0.15, -0.1) is 0 Å². The fraction of sp³-hybridized carbons (Fsp3) is 0.833. The van der Waals surface area contributed by atoms with Crippen LogP contribution in [0.3, 0.4) is 0 Å². The zero-order chi connectivity index (χ0) is 16.7. The van der Waals surface area contributed by atoms with Crippen LogP contribution in [0.5, 0.6) is 0 Å². The highest BCUT2D eigenvalue weighted by molar-refractivity contribution is 7.87.